The number of H-pyrrole nitrogens is 1. The van der Waals surface area contributed by atoms with Crippen LogP contribution in [0.3, 0.4) is 0 Å². The van der Waals surface area contributed by atoms with Gasteiger partial charge in [-0.25, -0.2) is 4.98 Å². The molecule has 0 fully saturated rings. The second-order valence-electron chi connectivity index (χ2n) is 4.97. The summed E-state index contributed by atoms with van der Waals surface area (Å²) in [6.45, 7) is 1.92. The van der Waals surface area contributed by atoms with Crippen molar-refractivity contribution in [1.29, 1.82) is 0 Å². The third-order valence-electron chi connectivity index (χ3n) is 3.38. The molecular formula is C16H17N5. The molecule has 1 aromatic carbocycles. The summed E-state index contributed by atoms with van der Waals surface area (Å²) in [5, 5.41) is 0. The molecule has 21 heavy (non-hydrogen) atoms. The molecule has 0 bridgehead atoms. The zero-order valence-electron chi connectivity index (χ0n) is 11.8. The van der Waals surface area contributed by atoms with Gasteiger partial charge in [-0.2, -0.15) is 0 Å². The van der Waals surface area contributed by atoms with Crippen molar-refractivity contribution < 1.29 is 0 Å². The quantitative estimate of drug-likeness (QED) is 0.768. The SMILES string of the molecule is Cc1nccnc1-c1cnc(C(N)Cc2ccccc2)[nH]1. The van der Waals surface area contributed by atoms with Crippen LogP contribution in [0.5, 0.6) is 0 Å². The molecule has 0 saturated heterocycles. The third-order valence-corrected chi connectivity index (χ3v) is 3.38. The second-order valence-corrected chi connectivity index (χ2v) is 4.97. The first kappa shape index (κ1) is 13.5. The Labute approximate surface area is 123 Å². The van der Waals surface area contributed by atoms with Gasteiger partial charge in [0.15, 0.2) is 0 Å². The first-order valence-corrected chi connectivity index (χ1v) is 6.86. The summed E-state index contributed by atoms with van der Waals surface area (Å²) in [7, 11) is 0. The predicted octanol–water partition coefficient (Wildman–Crippen LogP) is 2.42. The van der Waals surface area contributed by atoms with Gasteiger partial charge in [0.25, 0.3) is 0 Å². The molecule has 3 rings (SSSR count). The topological polar surface area (TPSA) is 80.5 Å². The maximum atomic E-state index is 6.23. The molecule has 3 aromatic rings. The van der Waals surface area contributed by atoms with Crippen LogP contribution in [0.15, 0.2) is 48.9 Å². The number of aromatic amines is 1. The fourth-order valence-corrected chi connectivity index (χ4v) is 2.28. The van der Waals surface area contributed by atoms with Gasteiger partial charge in [-0.05, 0) is 18.9 Å². The lowest BCUT2D eigenvalue weighted by Gasteiger charge is -2.08. The van der Waals surface area contributed by atoms with Crippen molar-refractivity contribution in [1.82, 2.24) is 19.9 Å². The molecule has 0 spiro atoms. The molecule has 106 valence electrons. The van der Waals surface area contributed by atoms with E-state index in [1.54, 1.807) is 18.6 Å². The number of nitrogens with zero attached hydrogens (tertiary/aromatic N) is 3. The monoisotopic (exact) mass is 279 g/mol. The Bertz CT molecular complexity index is 720. The summed E-state index contributed by atoms with van der Waals surface area (Å²) in [5.74, 6) is 0.763. The molecule has 0 aliphatic carbocycles. The van der Waals surface area contributed by atoms with Gasteiger partial charge < -0.3 is 10.7 Å². The summed E-state index contributed by atoms with van der Waals surface area (Å²) in [6, 6.07) is 9.99. The fourth-order valence-electron chi connectivity index (χ4n) is 2.28. The van der Waals surface area contributed by atoms with E-state index in [1.165, 1.54) is 5.56 Å². The molecule has 3 N–H and O–H groups in total. The molecule has 0 amide bonds. The van der Waals surface area contributed by atoms with Crippen molar-refractivity contribution in [3.8, 4) is 11.4 Å². The van der Waals surface area contributed by atoms with Crippen molar-refractivity contribution in [3.63, 3.8) is 0 Å². The van der Waals surface area contributed by atoms with E-state index in [9.17, 15) is 0 Å². The van der Waals surface area contributed by atoms with E-state index in [-0.39, 0.29) is 6.04 Å². The van der Waals surface area contributed by atoms with Gasteiger partial charge >= 0.3 is 0 Å². The lowest BCUT2D eigenvalue weighted by molar-refractivity contribution is 0.678. The molecule has 0 aliphatic rings. The van der Waals surface area contributed by atoms with Crippen LogP contribution in [0.25, 0.3) is 11.4 Å². The van der Waals surface area contributed by atoms with Gasteiger partial charge in [0, 0.05) is 12.4 Å². The molecule has 5 nitrogen and oxygen atoms in total. The fraction of sp³-hybridized carbons (Fsp3) is 0.188. The van der Waals surface area contributed by atoms with Crippen LogP contribution in [0.2, 0.25) is 0 Å². The van der Waals surface area contributed by atoms with E-state index in [2.05, 4.69) is 32.1 Å². The van der Waals surface area contributed by atoms with Crippen LogP contribution in [0.1, 0.15) is 23.1 Å². The highest BCUT2D eigenvalue weighted by Crippen LogP contribution is 2.20. The molecule has 0 aliphatic heterocycles. The van der Waals surface area contributed by atoms with Crippen molar-refractivity contribution in [2.24, 2.45) is 5.73 Å². The summed E-state index contributed by atoms with van der Waals surface area (Å²) in [4.78, 5) is 16.2. The van der Waals surface area contributed by atoms with Crippen molar-refractivity contribution in [2.75, 3.05) is 0 Å². The summed E-state index contributed by atoms with van der Waals surface area (Å²) in [6.07, 6.45) is 5.86. The van der Waals surface area contributed by atoms with E-state index in [0.29, 0.717) is 0 Å². The number of hydrogen-bond donors (Lipinski definition) is 2. The molecule has 1 unspecified atom stereocenters. The van der Waals surface area contributed by atoms with Crippen LogP contribution in [-0.2, 0) is 6.42 Å². The molecule has 0 saturated carbocycles. The largest absolute Gasteiger partial charge is 0.339 e. The number of benzene rings is 1. The highest BCUT2D eigenvalue weighted by atomic mass is 15.0. The number of hydrogen-bond acceptors (Lipinski definition) is 4. The van der Waals surface area contributed by atoms with Crippen molar-refractivity contribution in [3.05, 3.63) is 66.0 Å². The Morgan fingerprint density at radius 1 is 1.10 bits per heavy atom. The minimum Gasteiger partial charge on any atom is -0.339 e. The first-order valence-electron chi connectivity index (χ1n) is 6.86. The van der Waals surface area contributed by atoms with Gasteiger partial charge in [0.1, 0.15) is 11.5 Å². The Morgan fingerprint density at radius 2 is 1.86 bits per heavy atom. The zero-order chi connectivity index (χ0) is 14.7. The Kier molecular flexibility index (Phi) is 3.75. The standard InChI is InChI=1S/C16H17N5/c1-11-15(19-8-7-18-11)14-10-20-16(21-14)13(17)9-12-5-3-2-4-6-12/h2-8,10,13H,9,17H2,1H3,(H,20,21). The highest BCUT2D eigenvalue weighted by Gasteiger charge is 2.13. The Balaban J connectivity index is 1.80. The molecule has 5 heteroatoms. The highest BCUT2D eigenvalue weighted by molar-refractivity contribution is 5.55. The zero-order valence-corrected chi connectivity index (χ0v) is 11.8. The summed E-state index contributed by atoms with van der Waals surface area (Å²) in [5.41, 5.74) is 9.94. The lowest BCUT2D eigenvalue weighted by atomic mass is 10.1. The molecule has 2 aromatic heterocycles. The molecule has 0 radical (unpaired) electrons. The van der Waals surface area contributed by atoms with E-state index < -0.39 is 0 Å². The Hall–Kier alpha value is -2.53. The number of imidazole rings is 1. The Morgan fingerprint density at radius 3 is 2.62 bits per heavy atom. The second kappa shape index (κ2) is 5.85. The molecule has 1 atom stereocenters. The van der Waals surface area contributed by atoms with Gasteiger partial charge in [0.2, 0.25) is 0 Å². The smallest absolute Gasteiger partial charge is 0.123 e. The van der Waals surface area contributed by atoms with Crippen LogP contribution < -0.4 is 5.73 Å². The average Bonchev–Trinajstić information content (AvgIpc) is 2.98. The average molecular weight is 279 g/mol. The maximum Gasteiger partial charge on any atom is 0.123 e. The lowest BCUT2D eigenvalue weighted by Crippen LogP contribution is -2.15. The molecular weight excluding hydrogens is 262 g/mol. The number of aryl methyl sites for hydroxylation is 1. The summed E-state index contributed by atoms with van der Waals surface area (Å²) >= 11 is 0. The van der Waals surface area contributed by atoms with E-state index in [4.69, 9.17) is 5.73 Å². The molecule has 2 heterocycles. The number of rotatable bonds is 4. The number of nitrogens with two attached hydrogens (primary N) is 1. The van der Waals surface area contributed by atoms with Crippen LogP contribution in [0, 0.1) is 6.92 Å². The maximum absolute atomic E-state index is 6.23. The normalized spacial score (nSPS) is 12.3. The van der Waals surface area contributed by atoms with E-state index in [1.807, 2.05) is 25.1 Å². The van der Waals surface area contributed by atoms with Gasteiger partial charge in [-0.3, -0.25) is 9.97 Å². The minimum absolute atomic E-state index is 0.168. The predicted molar refractivity (Wildman–Crippen MR) is 81.4 cm³/mol. The van der Waals surface area contributed by atoms with Gasteiger partial charge in [0.05, 0.1) is 23.6 Å². The van der Waals surface area contributed by atoms with Crippen LogP contribution >= 0.6 is 0 Å². The van der Waals surface area contributed by atoms with Gasteiger partial charge in [-0.1, -0.05) is 30.3 Å². The minimum atomic E-state index is -0.168. The van der Waals surface area contributed by atoms with Crippen molar-refractivity contribution in [2.45, 2.75) is 19.4 Å². The third kappa shape index (κ3) is 2.98. The summed E-state index contributed by atoms with van der Waals surface area (Å²) < 4.78 is 0. The number of nitrogens with one attached hydrogen (secondary N) is 1. The van der Waals surface area contributed by atoms with Crippen LogP contribution in [-0.4, -0.2) is 19.9 Å². The number of aromatic nitrogens is 4. The first-order chi connectivity index (χ1) is 10.2. The van der Waals surface area contributed by atoms with Crippen molar-refractivity contribution >= 4 is 0 Å². The van der Waals surface area contributed by atoms with Gasteiger partial charge in [-0.15, -0.1) is 0 Å². The van der Waals surface area contributed by atoms with Crippen LogP contribution in [0.4, 0.5) is 0 Å². The van der Waals surface area contributed by atoms with E-state index >= 15 is 0 Å². The van der Waals surface area contributed by atoms with E-state index in [0.717, 1.165) is 29.3 Å².